The molecule has 1 aromatic heterocycles. The maximum Gasteiger partial charge on any atom is 0.138 e. The van der Waals surface area contributed by atoms with Crippen molar-refractivity contribution in [1.82, 2.24) is 0 Å². The van der Waals surface area contributed by atoms with Crippen LogP contribution in [0.5, 0.6) is 5.75 Å². The van der Waals surface area contributed by atoms with Gasteiger partial charge in [0.1, 0.15) is 5.75 Å². The van der Waals surface area contributed by atoms with Crippen LogP contribution in [0.3, 0.4) is 0 Å². The Morgan fingerprint density at radius 1 is 1.43 bits per heavy atom. The van der Waals surface area contributed by atoms with E-state index in [-0.39, 0.29) is 0 Å². The lowest BCUT2D eigenvalue weighted by Gasteiger charge is -2.05. The summed E-state index contributed by atoms with van der Waals surface area (Å²) >= 11 is 7.72. The van der Waals surface area contributed by atoms with Gasteiger partial charge in [0.05, 0.1) is 11.3 Å². The lowest BCUT2D eigenvalue weighted by atomic mass is 10.2. The second-order valence-corrected chi connectivity index (χ2v) is 4.45. The van der Waals surface area contributed by atoms with Gasteiger partial charge in [0, 0.05) is 16.5 Å². The van der Waals surface area contributed by atoms with Crippen molar-refractivity contribution in [2.45, 2.75) is 13.8 Å². The number of hydrogen-bond donors (Lipinski definition) is 0. The maximum absolute atomic E-state index is 6.01. The number of benzene rings is 1. The maximum atomic E-state index is 6.01. The number of aryl methyl sites for hydroxylation is 1. The molecule has 0 atom stereocenters. The zero-order valence-corrected chi connectivity index (χ0v) is 9.71. The molecule has 0 aliphatic carbocycles. The molecule has 0 bridgehead atoms. The van der Waals surface area contributed by atoms with Crippen LogP contribution in [-0.4, -0.2) is 6.61 Å². The highest BCUT2D eigenvalue weighted by Crippen LogP contribution is 2.36. The van der Waals surface area contributed by atoms with Gasteiger partial charge in [0.2, 0.25) is 0 Å². The molecule has 0 unspecified atom stereocenters. The van der Waals surface area contributed by atoms with Crippen molar-refractivity contribution in [2.24, 2.45) is 0 Å². The van der Waals surface area contributed by atoms with E-state index in [1.54, 1.807) is 11.3 Å². The van der Waals surface area contributed by atoms with Crippen molar-refractivity contribution in [3.8, 4) is 5.75 Å². The standard InChI is InChI=1S/C11H11ClOS/c1-3-13-10-5-8(12)4-9-7(2)6-14-11(9)10/h4-6H,3H2,1-2H3. The van der Waals surface area contributed by atoms with E-state index in [2.05, 4.69) is 12.3 Å². The molecule has 0 N–H and O–H groups in total. The van der Waals surface area contributed by atoms with Crippen molar-refractivity contribution in [3.05, 3.63) is 28.1 Å². The van der Waals surface area contributed by atoms with E-state index in [0.29, 0.717) is 6.61 Å². The summed E-state index contributed by atoms with van der Waals surface area (Å²) < 4.78 is 6.73. The number of rotatable bonds is 2. The summed E-state index contributed by atoms with van der Waals surface area (Å²) in [5.74, 6) is 0.896. The second-order valence-electron chi connectivity index (χ2n) is 3.13. The number of halogens is 1. The van der Waals surface area contributed by atoms with Gasteiger partial charge in [-0.2, -0.15) is 0 Å². The highest BCUT2D eigenvalue weighted by atomic mass is 35.5. The Labute approximate surface area is 92.3 Å². The summed E-state index contributed by atoms with van der Waals surface area (Å²) in [6.07, 6.45) is 0. The third kappa shape index (κ3) is 1.60. The molecule has 0 amide bonds. The number of fused-ring (bicyclic) bond motifs is 1. The quantitative estimate of drug-likeness (QED) is 0.744. The van der Waals surface area contributed by atoms with Gasteiger partial charge in [-0.15, -0.1) is 11.3 Å². The Hall–Kier alpha value is -0.730. The normalized spacial score (nSPS) is 10.8. The van der Waals surface area contributed by atoms with E-state index in [0.717, 1.165) is 10.8 Å². The lowest BCUT2D eigenvalue weighted by molar-refractivity contribution is 0.345. The highest BCUT2D eigenvalue weighted by Gasteiger charge is 2.07. The van der Waals surface area contributed by atoms with Crippen LogP contribution in [0.4, 0.5) is 0 Å². The Morgan fingerprint density at radius 3 is 2.93 bits per heavy atom. The van der Waals surface area contributed by atoms with E-state index >= 15 is 0 Å². The molecule has 14 heavy (non-hydrogen) atoms. The van der Waals surface area contributed by atoms with Gasteiger partial charge in [0.25, 0.3) is 0 Å². The molecule has 0 aliphatic rings. The summed E-state index contributed by atoms with van der Waals surface area (Å²) in [6, 6.07) is 3.87. The molecular weight excluding hydrogens is 216 g/mol. The fraction of sp³-hybridized carbons (Fsp3) is 0.273. The van der Waals surface area contributed by atoms with Crippen molar-refractivity contribution in [1.29, 1.82) is 0 Å². The summed E-state index contributed by atoms with van der Waals surface area (Å²) in [4.78, 5) is 0. The molecule has 1 heterocycles. The zero-order valence-electron chi connectivity index (χ0n) is 8.13. The Bertz CT molecular complexity index is 462. The molecule has 0 spiro atoms. The third-order valence-corrected chi connectivity index (χ3v) is 3.44. The summed E-state index contributed by atoms with van der Waals surface area (Å²) in [7, 11) is 0. The monoisotopic (exact) mass is 226 g/mol. The van der Waals surface area contributed by atoms with E-state index in [1.165, 1.54) is 15.6 Å². The molecule has 0 radical (unpaired) electrons. The van der Waals surface area contributed by atoms with Gasteiger partial charge in [-0.3, -0.25) is 0 Å². The summed E-state index contributed by atoms with van der Waals surface area (Å²) in [5.41, 5.74) is 1.26. The average molecular weight is 227 g/mol. The van der Waals surface area contributed by atoms with Crippen LogP contribution in [0.15, 0.2) is 17.5 Å². The van der Waals surface area contributed by atoms with Crippen LogP contribution >= 0.6 is 22.9 Å². The van der Waals surface area contributed by atoms with E-state index in [1.807, 2.05) is 19.1 Å². The third-order valence-electron chi connectivity index (χ3n) is 2.10. The largest absolute Gasteiger partial charge is 0.492 e. The van der Waals surface area contributed by atoms with Crippen molar-refractivity contribution in [3.63, 3.8) is 0 Å². The van der Waals surface area contributed by atoms with Gasteiger partial charge in [0.15, 0.2) is 0 Å². The van der Waals surface area contributed by atoms with Crippen LogP contribution in [0.2, 0.25) is 5.02 Å². The SMILES string of the molecule is CCOc1cc(Cl)cc2c(C)csc12. The van der Waals surface area contributed by atoms with E-state index < -0.39 is 0 Å². The Kier molecular flexibility index (Phi) is 2.66. The first kappa shape index (κ1) is 9.81. The van der Waals surface area contributed by atoms with Crippen LogP contribution < -0.4 is 4.74 Å². The Balaban J connectivity index is 2.68. The fourth-order valence-corrected chi connectivity index (χ4v) is 2.67. The molecule has 74 valence electrons. The van der Waals surface area contributed by atoms with E-state index in [9.17, 15) is 0 Å². The Morgan fingerprint density at radius 2 is 2.21 bits per heavy atom. The van der Waals surface area contributed by atoms with Crippen molar-refractivity contribution in [2.75, 3.05) is 6.61 Å². The summed E-state index contributed by atoms with van der Waals surface area (Å²) in [6.45, 7) is 4.74. The van der Waals surface area contributed by atoms with Gasteiger partial charge in [-0.1, -0.05) is 11.6 Å². The van der Waals surface area contributed by atoms with Gasteiger partial charge in [-0.25, -0.2) is 0 Å². The number of ether oxygens (including phenoxy) is 1. The molecule has 1 aromatic carbocycles. The average Bonchev–Trinajstić information content (AvgIpc) is 2.49. The van der Waals surface area contributed by atoms with E-state index in [4.69, 9.17) is 16.3 Å². The first-order valence-corrected chi connectivity index (χ1v) is 5.78. The zero-order chi connectivity index (χ0) is 10.1. The highest BCUT2D eigenvalue weighted by molar-refractivity contribution is 7.17. The summed E-state index contributed by atoms with van der Waals surface area (Å²) in [5, 5.41) is 4.07. The first-order valence-electron chi connectivity index (χ1n) is 4.52. The topological polar surface area (TPSA) is 9.23 Å². The number of hydrogen-bond acceptors (Lipinski definition) is 2. The lowest BCUT2D eigenvalue weighted by Crippen LogP contribution is -1.91. The van der Waals surface area contributed by atoms with Crippen molar-refractivity contribution >= 4 is 33.0 Å². The molecule has 2 aromatic rings. The van der Waals surface area contributed by atoms with Gasteiger partial charge in [-0.05, 0) is 30.9 Å². The molecular formula is C11H11ClOS. The van der Waals surface area contributed by atoms with Crippen molar-refractivity contribution < 1.29 is 4.74 Å². The smallest absolute Gasteiger partial charge is 0.138 e. The molecule has 2 rings (SSSR count). The minimum Gasteiger partial charge on any atom is -0.492 e. The molecule has 3 heteroatoms. The molecule has 0 aliphatic heterocycles. The predicted molar refractivity (Wildman–Crippen MR) is 62.7 cm³/mol. The molecule has 0 saturated carbocycles. The minimum atomic E-state index is 0.673. The molecule has 1 nitrogen and oxygen atoms in total. The minimum absolute atomic E-state index is 0.673. The molecule has 0 fully saturated rings. The van der Waals surface area contributed by atoms with Crippen LogP contribution in [0.1, 0.15) is 12.5 Å². The first-order chi connectivity index (χ1) is 6.72. The van der Waals surface area contributed by atoms with Crippen LogP contribution in [0, 0.1) is 6.92 Å². The van der Waals surface area contributed by atoms with Gasteiger partial charge >= 0.3 is 0 Å². The second kappa shape index (κ2) is 3.79. The fourth-order valence-electron chi connectivity index (χ4n) is 1.46. The predicted octanol–water partition coefficient (Wildman–Crippen LogP) is 4.26. The molecule has 0 saturated heterocycles. The van der Waals surface area contributed by atoms with Crippen LogP contribution in [-0.2, 0) is 0 Å². The van der Waals surface area contributed by atoms with Crippen LogP contribution in [0.25, 0.3) is 10.1 Å². The van der Waals surface area contributed by atoms with Gasteiger partial charge < -0.3 is 4.74 Å². The number of thiophene rings is 1.